The molecule has 14 heteroatoms. The fourth-order valence-corrected chi connectivity index (χ4v) is 5.41. The van der Waals surface area contributed by atoms with E-state index in [2.05, 4.69) is 25.5 Å². The lowest BCUT2D eigenvalue weighted by Gasteiger charge is -2.44. The molecule has 0 aromatic carbocycles. The van der Waals surface area contributed by atoms with Gasteiger partial charge in [-0.1, -0.05) is 12.1 Å². The number of rotatable bonds is 6. The SMILES string of the molecule is C[C@H]1[C@H](N)[C@@H](O)[C@H]2CN(Cc3nccs3)C[C@@H]2[C@H]1C(=O)NCCn1ccnn1.O=CO.O=CO. The van der Waals surface area contributed by atoms with Crippen LogP contribution < -0.4 is 11.1 Å². The Morgan fingerprint density at radius 1 is 1.26 bits per heavy atom. The van der Waals surface area contributed by atoms with Gasteiger partial charge in [-0.15, -0.1) is 16.4 Å². The fraction of sp³-hybridized carbons (Fsp3) is 0.600. The second-order valence-electron chi connectivity index (χ2n) is 8.07. The summed E-state index contributed by atoms with van der Waals surface area (Å²) < 4.78 is 1.69. The number of aliphatic hydroxyl groups excluding tert-OH is 1. The lowest BCUT2D eigenvalue weighted by atomic mass is 9.64. The molecule has 0 spiro atoms. The van der Waals surface area contributed by atoms with Crippen molar-refractivity contribution in [3.63, 3.8) is 0 Å². The highest BCUT2D eigenvalue weighted by atomic mass is 32.1. The van der Waals surface area contributed by atoms with Crippen molar-refractivity contribution in [1.82, 2.24) is 30.2 Å². The normalized spacial score (nSPS) is 27.9. The van der Waals surface area contributed by atoms with E-state index in [1.807, 2.05) is 12.3 Å². The summed E-state index contributed by atoms with van der Waals surface area (Å²) in [6, 6.07) is -0.396. The fourth-order valence-electron chi connectivity index (χ4n) is 4.76. The van der Waals surface area contributed by atoms with Crippen molar-refractivity contribution in [2.24, 2.45) is 29.4 Å². The van der Waals surface area contributed by atoms with Crippen LogP contribution in [-0.4, -0.2) is 90.8 Å². The third-order valence-electron chi connectivity index (χ3n) is 6.21. The van der Waals surface area contributed by atoms with Crippen LogP contribution in [0.4, 0.5) is 0 Å². The molecule has 2 fully saturated rings. The molecule has 2 aromatic heterocycles. The summed E-state index contributed by atoms with van der Waals surface area (Å²) in [7, 11) is 0. The van der Waals surface area contributed by atoms with Crippen molar-refractivity contribution in [2.75, 3.05) is 19.6 Å². The molecule has 2 aliphatic rings. The second kappa shape index (κ2) is 13.7. The number of hydrogen-bond acceptors (Lipinski definition) is 10. The van der Waals surface area contributed by atoms with Gasteiger partial charge >= 0.3 is 0 Å². The largest absolute Gasteiger partial charge is 0.483 e. The van der Waals surface area contributed by atoms with Crippen LogP contribution in [0.5, 0.6) is 0 Å². The standard InChI is InChI=1S/C18H27N7O2S.2CH2O2/c1-11-15(18(27)21-2-5-25-6-3-22-23-25)12-8-24(10-14-20-4-7-28-14)9-13(12)17(26)16(11)19;2*2-1-3/h3-4,6-7,11-13,15-17,26H,2,5,8-10,19H2,1H3,(H,21,27);2*1H,(H,2,3)/t11-,12+,13+,15+,16+,17+;;/m1../s1. The molecule has 6 N–H and O–H groups in total. The Balaban J connectivity index is 0.000000618. The first-order valence-corrected chi connectivity index (χ1v) is 11.6. The molecule has 0 radical (unpaired) electrons. The van der Waals surface area contributed by atoms with Gasteiger partial charge in [-0.05, 0) is 11.8 Å². The zero-order valence-corrected chi connectivity index (χ0v) is 19.6. The summed E-state index contributed by atoms with van der Waals surface area (Å²) in [6.45, 7) is 4.82. The first-order chi connectivity index (χ1) is 16.4. The maximum Gasteiger partial charge on any atom is 0.290 e. The molecule has 2 aromatic rings. The number of thiazole rings is 1. The molecule has 1 aliphatic heterocycles. The highest BCUT2D eigenvalue weighted by molar-refractivity contribution is 7.09. The molecule has 0 bridgehead atoms. The molecule has 1 amide bonds. The molecule has 3 heterocycles. The van der Waals surface area contributed by atoms with E-state index in [0.717, 1.165) is 24.6 Å². The minimum absolute atomic E-state index is 0.0113. The summed E-state index contributed by atoms with van der Waals surface area (Å²) in [4.78, 5) is 36.4. The number of carbonyl (C=O) groups excluding carboxylic acids is 1. The summed E-state index contributed by atoms with van der Waals surface area (Å²) in [5, 5.41) is 38.3. The van der Waals surface area contributed by atoms with Crippen molar-refractivity contribution in [3.05, 3.63) is 29.0 Å². The first-order valence-electron chi connectivity index (χ1n) is 10.7. The van der Waals surface area contributed by atoms with E-state index in [-0.39, 0.29) is 42.5 Å². The Kier molecular flexibility index (Phi) is 11.0. The molecular formula is C20H31N7O6S. The molecule has 1 saturated heterocycles. The molecule has 188 valence electrons. The average Bonchev–Trinajstić information content (AvgIpc) is 3.57. The van der Waals surface area contributed by atoms with Gasteiger partial charge in [0.15, 0.2) is 0 Å². The summed E-state index contributed by atoms with van der Waals surface area (Å²) in [5.74, 6) is -0.169. The smallest absolute Gasteiger partial charge is 0.290 e. The van der Waals surface area contributed by atoms with Crippen LogP contribution in [-0.2, 0) is 27.5 Å². The van der Waals surface area contributed by atoms with Gasteiger partial charge in [0.2, 0.25) is 5.91 Å². The third kappa shape index (κ3) is 7.03. The number of carboxylic acid groups (broad SMARTS) is 2. The summed E-state index contributed by atoms with van der Waals surface area (Å²) in [6.07, 6.45) is 4.61. The van der Waals surface area contributed by atoms with E-state index < -0.39 is 12.1 Å². The first kappa shape index (κ1) is 27.3. The van der Waals surface area contributed by atoms with Crippen molar-refractivity contribution in [2.45, 2.75) is 32.2 Å². The molecule has 13 nitrogen and oxygen atoms in total. The maximum absolute atomic E-state index is 13.0. The van der Waals surface area contributed by atoms with Gasteiger partial charge in [-0.25, -0.2) is 4.98 Å². The second-order valence-corrected chi connectivity index (χ2v) is 9.05. The maximum atomic E-state index is 13.0. The molecule has 4 rings (SSSR count). The van der Waals surface area contributed by atoms with E-state index in [1.165, 1.54) is 0 Å². The number of likely N-dealkylation sites (tertiary alicyclic amines) is 1. The van der Waals surface area contributed by atoms with Crippen molar-refractivity contribution < 1.29 is 29.7 Å². The minimum Gasteiger partial charge on any atom is -0.483 e. The summed E-state index contributed by atoms with van der Waals surface area (Å²) in [5.41, 5.74) is 6.31. The van der Waals surface area contributed by atoms with Crippen molar-refractivity contribution in [1.29, 1.82) is 0 Å². The molecular weight excluding hydrogens is 466 g/mol. The molecule has 34 heavy (non-hydrogen) atoms. The minimum atomic E-state index is -0.583. The zero-order valence-electron chi connectivity index (χ0n) is 18.8. The summed E-state index contributed by atoms with van der Waals surface area (Å²) >= 11 is 1.63. The van der Waals surface area contributed by atoms with Crippen LogP contribution in [0.1, 0.15) is 11.9 Å². The van der Waals surface area contributed by atoms with E-state index in [4.69, 9.17) is 25.5 Å². The number of carbonyl (C=O) groups is 3. The van der Waals surface area contributed by atoms with Crippen LogP contribution in [0.15, 0.2) is 24.0 Å². The average molecular weight is 498 g/mol. The van der Waals surface area contributed by atoms with Gasteiger partial charge in [0, 0.05) is 55.3 Å². The zero-order chi connectivity index (χ0) is 25.1. The van der Waals surface area contributed by atoms with E-state index >= 15 is 0 Å². The van der Waals surface area contributed by atoms with Crippen molar-refractivity contribution >= 4 is 30.2 Å². The molecule has 1 aliphatic carbocycles. The Hall–Kier alpha value is -2.94. The third-order valence-corrected chi connectivity index (χ3v) is 6.98. The van der Waals surface area contributed by atoms with Gasteiger partial charge in [-0.3, -0.25) is 24.0 Å². The molecule has 0 unspecified atom stereocenters. The van der Waals surface area contributed by atoms with Crippen LogP contribution in [0.25, 0.3) is 0 Å². The number of nitrogens with one attached hydrogen (secondary N) is 1. The van der Waals surface area contributed by atoms with Crippen LogP contribution >= 0.6 is 11.3 Å². The highest BCUT2D eigenvalue weighted by Crippen LogP contribution is 2.43. The Bertz CT molecular complexity index is 863. The molecule has 1 saturated carbocycles. The number of fused-ring (bicyclic) bond motifs is 1. The number of nitrogens with zero attached hydrogens (tertiary/aromatic N) is 5. The monoisotopic (exact) mass is 497 g/mol. The number of nitrogens with two attached hydrogens (primary N) is 1. The van der Waals surface area contributed by atoms with E-state index in [0.29, 0.717) is 13.1 Å². The quantitative estimate of drug-likeness (QED) is 0.305. The van der Waals surface area contributed by atoms with Crippen LogP contribution in [0.2, 0.25) is 0 Å². The Morgan fingerprint density at radius 2 is 1.94 bits per heavy atom. The van der Waals surface area contributed by atoms with Gasteiger partial charge < -0.3 is 26.4 Å². The van der Waals surface area contributed by atoms with Gasteiger partial charge in [0.25, 0.3) is 12.9 Å². The number of amides is 1. The lowest BCUT2D eigenvalue weighted by molar-refractivity contribution is -0.134. The van der Waals surface area contributed by atoms with Gasteiger partial charge in [-0.2, -0.15) is 0 Å². The van der Waals surface area contributed by atoms with Gasteiger partial charge in [0.05, 0.1) is 25.4 Å². The van der Waals surface area contributed by atoms with Crippen LogP contribution in [0.3, 0.4) is 0 Å². The number of hydrogen-bond donors (Lipinski definition) is 5. The Labute approximate surface area is 200 Å². The Morgan fingerprint density at radius 3 is 2.53 bits per heavy atom. The van der Waals surface area contributed by atoms with Crippen molar-refractivity contribution in [3.8, 4) is 0 Å². The van der Waals surface area contributed by atoms with E-state index in [9.17, 15) is 9.90 Å². The topological polar surface area (TPSA) is 197 Å². The predicted octanol–water partition coefficient (Wildman–Crippen LogP) is -1.05. The van der Waals surface area contributed by atoms with Crippen LogP contribution in [0, 0.1) is 23.7 Å². The lowest BCUT2D eigenvalue weighted by Crippen LogP contribution is -2.58. The number of aromatic nitrogens is 4. The molecule has 6 atom stereocenters. The number of aliphatic hydroxyl groups is 1. The van der Waals surface area contributed by atoms with Gasteiger partial charge in [0.1, 0.15) is 5.01 Å². The predicted molar refractivity (Wildman–Crippen MR) is 121 cm³/mol. The van der Waals surface area contributed by atoms with E-state index in [1.54, 1.807) is 34.6 Å². The highest BCUT2D eigenvalue weighted by Gasteiger charge is 2.53.